The Balaban J connectivity index is 1.36. The van der Waals surface area contributed by atoms with E-state index in [0.29, 0.717) is 39.6 Å². The molecule has 0 spiro atoms. The molecule has 2 heterocycles. The molecule has 2 saturated heterocycles. The molecule has 0 N–H and O–H groups in total. The maximum absolute atomic E-state index is 6.19. The van der Waals surface area contributed by atoms with Gasteiger partial charge in [-0.2, -0.15) is 0 Å². The summed E-state index contributed by atoms with van der Waals surface area (Å²) in [6.45, 7) is 8.46. The van der Waals surface area contributed by atoms with E-state index in [4.69, 9.17) is 37.9 Å². The summed E-state index contributed by atoms with van der Waals surface area (Å²) in [5, 5.41) is 0. The van der Waals surface area contributed by atoms with Gasteiger partial charge in [0.25, 0.3) is 0 Å². The fraction of sp³-hybridized carbons (Fsp3) is 0.517. The predicted molar refractivity (Wildman–Crippen MR) is 140 cm³/mol. The van der Waals surface area contributed by atoms with Gasteiger partial charge < -0.3 is 37.9 Å². The Morgan fingerprint density at radius 2 is 1.41 bits per heavy atom. The maximum atomic E-state index is 6.19. The Bertz CT molecular complexity index is 992. The van der Waals surface area contributed by atoms with Gasteiger partial charge >= 0.3 is 0 Å². The molecule has 2 aromatic carbocycles. The van der Waals surface area contributed by atoms with E-state index in [1.54, 1.807) is 14.2 Å². The minimum absolute atomic E-state index is 0.126. The third kappa shape index (κ3) is 7.93. The molecule has 0 saturated carbocycles. The molecule has 0 amide bonds. The Labute approximate surface area is 219 Å². The van der Waals surface area contributed by atoms with E-state index >= 15 is 0 Å². The lowest BCUT2D eigenvalue weighted by Gasteiger charge is -2.43. The van der Waals surface area contributed by atoms with Gasteiger partial charge in [0.2, 0.25) is 0 Å². The van der Waals surface area contributed by atoms with E-state index in [9.17, 15) is 0 Å². The number of ether oxygens (including phenoxy) is 8. The van der Waals surface area contributed by atoms with E-state index in [2.05, 4.69) is 0 Å². The van der Waals surface area contributed by atoms with Crippen molar-refractivity contribution in [1.82, 2.24) is 0 Å². The summed E-state index contributed by atoms with van der Waals surface area (Å²) in [6, 6.07) is 13.7. The van der Waals surface area contributed by atoms with E-state index in [1.807, 2.05) is 75.4 Å². The van der Waals surface area contributed by atoms with Crippen LogP contribution in [0, 0.1) is 5.41 Å². The average molecular weight is 515 g/mol. The second kappa shape index (κ2) is 12.3. The Morgan fingerprint density at radius 3 is 2.00 bits per heavy atom. The van der Waals surface area contributed by atoms with Gasteiger partial charge in [-0.15, -0.1) is 0 Å². The Hall–Kier alpha value is -2.62. The van der Waals surface area contributed by atoms with Gasteiger partial charge in [-0.25, -0.2) is 0 Å². The van der Waals surface area contributed by atoms with Crippen molar-refractivity contribution in [3.63, 3.8) is 0 Å². The molecule has 8 heteroatoms. The largest absolute Gasteiger partial charge is 0.497 e. The van der Waals surface area contributed by atoms with Crippen molar-refractivity contribution in [3.05, 3.63) is 53.6 Å². The standard InChI is InChI=1S/C29H38O8/c1-21-32-15-27(16-33-21)35-18-29(19-36-28(2,3)37-20-29)17-34-24-10-8-22(9-11-24)6-7-23-12-25(30-4)14-26(13-23)31-5/h6-14,21,27H,15-20H2,1-5H3/b7-6+. The van der Waals surface area contributed by atoms with Crippen molar-refractivity contribution >= 4 is 12.2 Å². The SMILES string of the molecule is COc1cc(/C=C/c2ccc(OCC3(COC4COC(C)OC4)COC(C)(C)OC3)cc2)cc(OC)c1. The van der Waals surface area contributed by atoms with Crippen LogP contribution in [0.3, 0.4) is 0 Å². The van der Waals surface area contributed by atoms with Crippen LogP contribution in [-0.2, 0) is 23.7 Å². The van der Waals surface area contributed by atoms with Crippen molar-refractivity contribution in [2.24, 2.45) is 5.41 Å². The first-order valence-corrected chi connectivity index (χ1v) is 12.5. The van der Waals surface area contributed by atoms with Crippen molar-refractivity contribution < 1.29 is 37.9 Å². The number of hydrogen-bond donors (Lipinski definition) is 0. The van der Waals surface area contributed by atoms with E-state index in [-0.39, 0.29) is 12.4 Å². The lowest BCUT2D eigenvalue weighted by molar-refractivity contribution is -0.301. The number of benzene rings is 2. The molecule has 0 aliphatic carbocycles. The zero-order valence-electron chi connectivity index (χ0n) is 22.4. The number of rotatable bonds is 10. The van der Waals surface area contributed by atoms with Crippen LogP contribution in [0.2, 0.25) is 0 Å². The van der Waals surface area contributed by atoms with Gasteiger partial charge in [0.1, 0.15) is 30.0 Å². The van der Waals surface area contributed by atoms with Gasteiger partial charge in [0.15, 0.2) is 12.1 Å². The summed E-state index contributed by atoms with van der Waals surface area (Å²) in [5.74, 6) is 1.63. The van der Waals surface area contributed by atoms with Crippen molar-refractivity contribution in [3.8, 4) is 17.2 Å². The van der Waals surface area contributed by atoms with E-state index in [1.165, 1.54) is 0 Å². The van der Waals surface area contributed by atoms with Crippen molar-refractivity contribution in [2.45, 2.75) is 39.0 Å². The average Bonchev–Trinajstić information content (AvgIpc) is 2.92. The van der Waals surface area contributed by atoms with Gasteiger partial charge in [0, 0.05) is 6.07 Å². The van der Waals surface area contributed by atoms with Gasteiger partial charge in [0.05, 0.1) is 52.7 Å². The molecule has 0 atom stereocenters. The van der Waals surface area contributed by atoms with Crippen LogP contribution >= 0.6 is 0 Å². The molecule has 2 aliphatic rings. The zero-order chi connectivity index (χ0) is 26.3. The highest BCUT2D eigenvalue weighted by molar-refractivity contribution is 5.71. The highest BCUT2D eigenvalue weighted by Gasteiger charge is 2.42. The predicted octanol–water partition coefficient (Wildman–Crippen LogP) is 4.80. The molecular formula is C29H38O8. The van der Waals surface area contributed by atoms with Gasteiger partial charge in [-0.05, 0) is 56.2 Å². The molecule has 0 radical (unpaired) electrons. The van der Waals surface area contributed by atoms with E-state index in [0.717, 1.165) is 28.4 Å². The second-order valence-corrected chi connectivity index (χ2v) is 9.98. The highest BCUT2D eigenvalue weighted by Crippen LogP contribution is 2.32. The molecule has 0 aromatic heterocycles. The van der Waals surface area contributed by atoms with Crippen LogP contribution in [0.1, 0.15) is 31.9 Å². The highest BCUT2D eigenvalue weighted by atomic mass is 16.7. The summed E-state index contributed by atoms with van der Waals surface area (Å²) in [5.41, 5.74) is 1.59. The molecule has 8 nitrogen and oxygen atoms in total. The summed E-state index contributed by atoms with van der Waals surface area (Å²) in [6.07, 6.45) is 3.73. The Morgan fingerprint density at radius 1 is 0.811 bits per heavy atom. The summed E-state index contributed by atoms with van der Waals surface area (Å²) >= 11 is 0. The zero-order valence-corrected chi connectivity index (χ0v) is 22.4. The van der Waals surface area contributed by atoms with Crippen LogP contribution in [-0.4, -0.2) is 72.0 Å². The molecule has 2 fully saturated rings. The summed E-state index contributed by atoms with van der Waals surface area (Å²) in [7, 11) is 3.28. The normalized spacial score (nSPS) is 23.1. The van der Waals surface area contributed by atoms with Crippen LogP contribution < -0.4 is 14.2 Å². The minimum Gasteiger partial charge on any atom is -0.497 e. The molecule has 0 bridgehead atoms. The quantitative estimate of drug-likeness (QED) is 0.419. The minimum atomic E-state index is -0.628. The molecule has 2 aliphatic heterocycles. The van der Waals surface area contributed by atoms with Crippen LogP contribution in [0.4, 0.5) is 0 Å². The molecule has 202 valence electrons. The van der Waals surface area contributed by atoms with Crippen LogP contribution in [0.25, 0.3) is 12.2 Å². The smallest absolute Gasteiger partial charge is 0.162 e. The molecule has 2 aromatic rings. The third-order valence-electron chi connectivity index (χ3n) is 6.38. The maximum Gasteiger partial charge on any atom is 0.162 e. The van der Waals surface area contributed by atoms with Crippen LogP contribution in [0.15, 0.2) is 42.5 Å². The van der Waals surface area contributed by atoms with Crippen molar-refractivity contribution in [1.29, 1.82) is 0 Å². The topological polar surface area (TPSA) is 73.8 Å². The molecule has 4 rings (SSSR count). The lowest BCUT2D eigenvalue weighted by Crippen LogP contribution is -2.52. The van der Waals surface area contributed by atoms with Gasteiger partial charge in [-0.1, -0.05) is 24.3 Å². The molecule has 0 unspecified atom stereocenters. The summed E-state index contributed by atoms with van der Waals surface area (Å²) < 4.78 is 46.1. The fourth-order valence-corrected chi connectivity index (χ4v) is 3.95. The summed E-state index contributed by atoms with van der Waals surface area (Å²) in [4.78, 5) is 0. The monoisotopic (exact) mass is 514 g/mol. The van der Waals surface area contributed by atoms with E-state index < -0.39 is 11.2 Å². The molecule has 37 heavy (non-hydrogen) atoms. The Kier molecular flexibility index (Phi) is 9.10. The van der Waals surface area contributed by atoms with Crippen LogP contribution in [0.5, 0.6) is 17.2 Å². The first kappa shape index (κ1) is 27.4. The van der Waals surface area contributed by atoms with Crippen molar-refractivity contribution in [2.75, 3.05) is 53.9 Å². The van der Waals surface area contributed by atoms with Gasteiger partial charge in [-0.3, -0.25) is 0 Å². The fourth-order valence-electron chi connectivity index (χ4n) is 3.95. The molecular weight excluding hydrogens is 476 g/mol. The lowest BCUT2D eigenvalue weighted by atomic mass is 9.90. The number of hydrogen-bond acceptors (Lipinski definition) is 8. The first-order valence-electron chi connectivity index (χ1n) is 12.5. The second-order valence-electron chi connectivity index (χ2n) is 9.98. The number of methoxy groups -OCH3 is 2. The third-order valence-corrected chi connectivity index (χ3v) is 6.38. The first-order chi connectivity index (χ1) is 17.8.